The van der Waals surface area contributed by atoms with E-state index in [1.807, 2.05) is 6.07 Å². The number of para-hydroxylation sites is 1. The smallest absolute Gasteiger partial charge is 0.264 e. The first-order chi connectivity index (χ1) is 9.72. The van der Waals surface area contributed by atoms with Crippen LogP contribution < -0.4 is 10.5 Å². The van der Waals surface area contributed by atoms with Crippen LogP contribution in [-0.4, -0.2) is 8.42 Å². The third kappa shape index (κ3) is 3.19. The Bertz CT molecular complexity index is 787. The summed E-state index contributed by atoms with van der Waals surface area (Å²) in [6.45, 7) is 3.60. The van der Waals surface area contributed by atoms with Crippen LogP contribution >= 0.6 is 15.9 Å². The topological polar surface area (TPSA) is 72.2 Å². The number of anilines is 2. The Kier molecular flexibility index (Phi) is 4.25. The number of nitrogens with one attached hydrogen (secondary N) is 1. The van der Waals surface area contributed by atoms with E-state index >= 15 is 0 Å². The van der Waals surface area contributed by atoms with E-state index in [9.17, 15) is 12.8 Å². The van der Waals surface area contributed by atoms with Gasteiger partial charge in [0.15, 0.2) is 0 Å². The first-order valence-corrected chi connectivity index (χ1v) is 8.33. The fraction of sp³-hybridized carbons (Fsp3) is 0.143. The lowest BCUT2D eigenvalue weighted by Crippen LogP contribution is -2.16. The molecule has 0 aliphatic heterocycles. The predicted octanol–water partition coefficient (Wildman–Crippen LogP) is 3.59. The summed E-state index contributed by atoms with van der Waals surface area (Å²) < 4.78 is 40.8. The summed E-state index contributed by atoms with van der Waals surface area (Å²) in [4.78, 5) is -0.168. The van der Waals surface area contributed by atoms with Gasteiger partial charge in [-0.2, -0.15) is 0 Å². The molecule has 21 heavy (non-hydrogen) atoms. The molecular formula is C14H14BrFN2O2S. The highest BCUT2D eigenvalue weighted by Gasteiger charge is 2.21. The number of nitrogen functional groups attached to an aromatic ring is 1. The van der Waals surface area contributed by atoms with Crippen molar-refractivity contribution >= 4 is 37.3 Å². The quantitative estimate of drug-likeness (QED) is 0.808. The number of aryl methyl sites for hydroxylation is 2. The summed E-state index contributed by atoms with van der Waals surface area (Å²) in [5.41, 5.74) is 7.56. The first-order valence-electron chi connectivity index (χ1n) is 6.06. The maximum Gasteiger partial charge on any atom is 0.264 e. The van der Waals surface area contributed by atoms with Gasteiger partial charge in [-0.05, 0) is 53.0 Å². The van der Waals surface area contributed by atoms with Crippen LogP contribution in [0.25, 0.3) is 0 Å². The van der Waals surface area contributed by atoms with Crippen LogP contribution in [0.5, 0.6) is 0 Å². The molecule has 7 heteroatoms. The Morgan fingerprint density at radius 3 is 2.33 bits per heavy atom. The van der Waals surface area contributed by atoms with E-state index < -0.39 is 15.8 Å². The number of nitrogens with two attached hydrogens (primary N) is 1. The number of hydrogen-bond acceptors (Lipinski definition) is 3. The number of sulfonamides is 1. The highest BCUT2D eigenvalue weighted by Crippen LogP contribution is 2.29. The third-order valence-electron chi connectivity index (χ3n) is 3.06. The molecule has 4 nitrogen and oxygen atoms in total. The Balaban J connectivity index is 2.51. The number of halogens is 2. The molecule has 0 amide bonds. The lowest BCUT2D eigenvalue weighted by atomic mass is 10.1. The van der Waals surface area contributed by atoms with Gasteiger partial charge in [0.2, 0.25) is 0 Å². The summed E-state index contributed by atoms with van der Waals surface area (Å²) in [6.07, 6.45) is 0. The number of hydrogen-bond donors (Lipinski definition) is 2. The molecule has 0 aliphatic rings. The summed E-state index contributed by atoms with van der Waals surface area (Å²) in [5.74, 6) is -0.612. The molecule has 0 aliphatic carbocycles. The third-order valence-corrected chi connectivity index (χ3v) is 5.07. The molecule has 3 N–H and O–H groups in total. The molecule has 0 heterocycles. The van der Waals surface area contributed by atoms with Gasteiger partial charge in [-0.1, -0.05) is 18.2 Å². The van der Waals surface area contributed by atoms with Crippen molar-refractivity contribution in [3.63, 3.8) is 0 Å². The molecule has 2 aromatic rings. The lowest BCUT2D eigenvalue weighted by Gasteiger charge is -2.14. The van der Waals surface area contributed by atoms with Gasteiger partial charge in [-0.3, -0.25) is 4.72 Å². The fourth-order valence-corrected chi connectivity index (χ4v) is 3.78. The van der Waals surface area contributed by atoms with Gasteiger partial charge in [0.05, 0.1) is 15.8 Å². The average Bonchev–Trinajstić information content (AvgIpc) is 2.38. The van der Waals surface area contributed by atoms with Crippen molar-refractivity contribution in [2.24, 2.45) is 0 Å². The second-order valence-electron chi connectivity index (χ2n) is 4.68. The Morgan fingerprint density at radius 2 is 1.76 bits per heavy atom. The summed E-state index contributed by atoms with van der Waals surface area (Å²) in [6, 6.07) is 7.57. The average molecular weight is 373 g/mol. The molecular weight excluding hydrogens is 359 g/mol. The summed E-state index contributed by atoms with van der Waals surface area (Å²) in [7, 11) is -3.90. The Labute approximate surface area is 131 Å². The highest BCUT2D eigenvalue weighted by atomic mass is 79.9. The minimum atomic E-state index is -3.90. The van der Waals surface area contributed by atoms with Crippen molar-refractivity contribution in [1.29, 1.82) is 0 Å². The van der Waals surface area contributed by atoms with Gasteiger partial charge in [0.25, 0.3) is 10.0 Å². The monoisotopic (exact) mass is 372 g/mol. The number of rotatable bonds is 3. The molecule has 0 saturated heterocycles. The van der Waals surface area contributed by atoms with E-state index in [0.717, 1.165) is 23.3 Å². The highest BCUT2D eigenvalue weighted by molar-refractivity contribution is 9.10. The van der Waals surface area contributed by atoms with Crippen LogP contribution in [0.1, 0.15) is 11.1 Å². The second kappa shape index (κ2) is 5.65. The van der Waals surface area contributed by atoms with E-state index in [-0.39, 0.29) is 15.1 Å². The van der Waals surface area contributed by atoms with Crippen LogP contribution in [0, 0.1) is 19.7 Å². The van der Waals surface area contributed by atoms with Crippen molar-refractivity contribution < 1.29 is 12.8 Å². The molecule has 0 spiro atoms. The van der Waals surface area contributed by atoms with Gasteiger partial charge in [0.1, 0.15) is 10.7 Å². The van der Waals surface area contributed by atoms with E-state index in [2.05, 4.69) is 20.7 Å². The minimum Gasteiger partial charge on any atom is -0.398 e. The van der Waals surface area contributed by atoms with Crippen LogP contribution in [0.15, 0.2) is 39.7 Å². The maximum atomic E-state index is 13.4. The van der Waals surface area contributed by atoms with Gasteiger partial charge < -0.3 is 5.73 Å². The fourth-order valence-electron chi connectivity index (χ4n) is 1.94. The minimum absolute atomic E-state index is 0.0404. The molecule has 0 bridgehead atoms. The molecule has 0 unspecified atom stereocenters. The largest absolute Gasteiger partial charge is 0.398 e. The maximum absolute atomic E-state index is 13.4. The standard InChI is InChI=1S/C14H14BrFN2O2S/c1-8-4-3-5-9(2)14(8)18-21(19,20)13-6-10(15)11(16)7-12(13)17/h3-7,18H,17H2,1-2H3. The van der Waals surface area contributed by atoms with Gasteiger partial charge in [0, 0.05) is 0 Å². The molecule has 2 aromatic carbocycles. The molecule has 0 atom stereocenters. The van der Waals surface area contributed by atoms with Crippen molar-refractivity contribution in [1.82, 2.24) is 0 Å². The molecule has 0 aromatic heterocycles. The van der Waals surface area contributed by atoms with E-state index in [1.165, 1.54) is 0 Å². The molecule has 112 valence electrons. The van der Waals surface area contributed by atoms with Gasteiger partial charge >= 0.3 is 0 Å². The Morgan fingerprint density at radius 1 is 1.19 bits per heavy atom. The van der Waals surface area contributed by atoms with Crippen LogP contribution in [0.4, 0.5) is 15.8 Å². The van der Waals surface area contributed by atoms with Gasteiger partial charge in [-0.25, -0.2) is 12.8 Å². The van der Waals surface area contributed by atoms with E-state index in [4.69, 9.17) is 5.73 Å². The zero-order valence-corrected chi connectivity index (χ0v) is 13.8. The van der Waals surface area contributed by atoms with Crippen molar-refractivity contribution in [2.45, 2.75) is 18.7 Å². The van der Waals surface area contributed by atoms with Crippen molar-refractivity contribution in [3.05, 3.63) is 51.7 Å². The second-order valence-corrected chi connectivity index (χ2v) is 7.18. The predicted molar refractivity (Wildman–Crippen MR) is 85.2 cm³/mol. The summed E-state index contributed by atoms with van der Waals surface area (Å²) >= 11 is 2.96. The summed E-state index contributed by atoms with van der Waals surface area (Å²) in [5, 5.41) is 0. The van der Waals surface area contributed by atoms with Crippen molar-refractivity contribution in [2.75, 3.05) is 10.5 Å². The zero-order chi connectivity index (χ0) is 15.8. The van der Waals surface area contributed by atoms with E-state index in [1.54, 1.807) is 26.0 Å². The first kappa shape index (κ1) is 15.8. The van der Waals surface area contributed by atoms with Crippen LogP contribution in [0.2, 0.25) is 0 Å². The Hall–Kier alpha value is -1.60. The molecule has 0 radical (unpaired) electrons. The van der Waals surface area contributed by atoms with E-state index in [0.29, 0.717) is 5.69 Å². The number of benzene rings is 2. The normalized spacial score (nSPS) is 11.4. The van der Waals surface area contributed by atoms with Crippen LogP contribution in [-0.2, 0) is 10.0 Å². The SMILES string of the molecule is Cc1cccc(C)c1NS(=O)(=O)c1cc(Br)c(F)cc1N. The van der Waals surface area contributed by atoms with Crippen LogP contribution in [0.3, 0.4) is 0 Å². The molecule has 2 rings (SSSR count). The van der Waals surface area contributed by atoms with Crippen molar-refractivity contribution in [3.8, 4) is 0 Å². The van der Waals surface area contributed by atoms with Gasteiger partial charge in [-0.15, -0.1) is 0 Å². The lowest BCUT2D eigenvalue weighted by molar-refractivity contribution is 0.599. The molecule has 0 saturated carbocycles. The molecule has 0 fully saturated rings. The zero-order valence-electron chi connectivity index (χ0n) is 11.4.